The monoisotopic (exact) mass is 286 g/mol. The van der Waals surface area contributed by atoms with E-state index in [9.17, 15) is 4.91 Å². The first-order valence-corrected chi connectivity index (χ1v) is 7.18. The van der Waals surface area contributed by atoms with Crippen LogP contribution in [0.4, 0.5) is 0 Å². The third-order valence-electron chi connectivity index (χ3n) is 3.70. The van der Waals surface area contributed by atoms with Gasteiger partial charge in [0.05, 0.1) is 0 Å². The molecule has 2 heteroatoms. The summed E-state index contributed by atoms with van der Waals surface area (Å²) in [6.45, 7) is 4.14. The maximum absolute atomic E-state index is 10.3. The van der Waals surface area contributed by atoms with Gasteiger partial charge in [0, 0.05) is 0 Å². The van der Waals surface area contributed by atoms with E-state index < -0.39 is 0 Å². The van der Waals surface area contributed by atoms with Crippen molar-refractivity contribution in [3.63, 3.8) is 0 Å². The number of nitroso groups, excluding NO2 is 1. The summed E-state index contributed by atoms with van der Waals surface area (Å²) in [6.07, 6.45) is 0. The molecule has 2 nitrogen and oxygen atoms in total. The first kappa shape index (κ1) is 14.2. The van der Waals surface area contributed by atoms with E-state index in [0.29, 0.717) is 0 Å². The number of hydrogen-bond acceptors (Lipinski definition) is 2. The molecule has 0 unspecified atom stereocenters. The second-order valence-electron chi connectivity index (χ2n) is 5.23. The van der Waals surface area contributed by atoms with Crippen molar-refractivity contribution in [2.45, 2.75) is 6.54 Å². The molecule has 0 fully saturated rings. The van der Waals surface area contributed by atoms with Crippen LogP contribution in [0.3, 0.4) is 0 Å². The van der Waals surface area contributed by atoms with Crippen LogP contribution >= 0.6 is 0 Å². The zero-order valence-electron chi connectivity index (χ0n) is 12.2. The molecule has 0 heterocycles. The zero-order chi connectivity index (χ0) is 15.4. The number of nitrogens with zero attached hydrogens (tertiary/aromatic N) is 1. The van der Waals surface area contributed by atoms with Gasteiger partial charge in [-0.25, -0.2) is 0 Å². The van der Waals surface area contributed by atoms with Gasteiger partial charge in [0.1, 0.15) is 6.54 Å². The molecule has 0 atom stereocenters. The van der Waals surface area contributed by atoms with Crippen LogP contribution in [0.5, 0.6) is 0 Å². The van der Waals surface area contributed by atoms with Crippen molar-refractivity contribution in [3.8, 4) is 22.3 Å². The molecule has 3 aromatic carbocycles. The highest BCUT2D eigenvalue weighted by atomic mass is 16.3. The van der Waals surface area contributed by atoms with Crippen molar-refractivity contribution < 1.29 is 0 Å². The highest BCUT2D eigenvalue weighted by Gasteiger charge is 2.06. The molecule has 3 rings (SSSR count). The highest BCUT2D eigenvalue weighted by Crippen LogP contribution is 2.32. The summed E-state index contributed by atoms with van der Waals surface area (Å²) in [5.74, 6) is 0. The molecular formula is C20H16NO. The van der Waals surface area contributed by atoms with Gasteiger partial charge >= 0.3 is 0 Å². The first-order chi connectivity index (χ1) is 10.8. The van der Waals surface area contributed by atoms with Crippen LogP contribution in [-0.2, 0) is 6.54 Å². The normalized spacial score (nSPS) is 10.4. The second-order valence-corrected chi connectivity index (χ2v) is 5.23. The van der Waals surface area contributed by atoms with Crippen molar-refractivity contribution in [1.82, 2.24) is 0 Å². The SMILES string of the molecule is [CH2]c1ccc(-c2ccccc2-c2ccc(CN=O)cc2)cc1. The van der Waals surface area contributed by atoms with E-state index in [4.69, 9.17) is 0 Å². The lowest BCUT2D eigenvalue weighted by atomic mass is 9.94. The van der Waals surface area contributed by atoms with Gasteiger partial charge in [-0.1, -0.05) is 78.0 Å². The van der Waals surface area contributed by atoms with Crippen LogP contribution in [0.1, 0.15) is 11.1 Å². The number of benzene rings is 3. The molecule has 0 spiro atoms. The third kappa shape index (κ3) is 2.96. The van der Waals surface area contributed by atoms with Gasteiger partial charge in [0.25, 0.3) is 0 Å². The molecule has 0 amide bonds. The Morgan fingerprint density at radius 2 is 1.23 bits per heavy atom. The third-order valence-corrected chi connectivity index (χ3v) is 3.70. The number of hydrogen-bond donors (Lipinski definition) is 0. The fraction of sp³-hybridized carbons (Fsp3) is 0.0500. The molecule has 1 radical (unpaired) electrons. The van der Waals surface area contributed by atoms with E-state index >= 15 is 0 Å². The maximum atomic E-state index is 10.3. The molecule has 0 saturated carbocycles. The largest absolute Gasteiger partial charge is 0.150 e. The molecule has 0 N–H and O–H groups in total. The van der Waals surface area contributed by atoms with Gasteiger partial charge in [-0.2, -0.15) is 4.91 Å². The summed E-state index contributed by atoms with van der Waals surface area (Å²) >= 11 is 0. The van der Waals surface area contributed by atoms with Gasteiger partial charge in [0.15, 0.2) is 0 Å². The topological polar surface area (TPSA) is 29.4 Å². The lowest BCUT2D eigenvalue weighted by molar-refractivity contribution is 1.06. The highest BCUT2D eigenvalue weighted by molar-refractivity contribution is 5.83. The molecule has 0 saturated heterocycles. The Balaban J connectivity index is 2.04. The summed E-state index contributed by atoms with van der Waals surface area (Å²) < 4.78 is 0. The Labute approximate surface area is 130 Å². The van der Waals surface area contributed by atoms with Crippen molar-refractivity contribution >= 4 is 0 Å². The van der Waals surface area contributed by atoms with Crippen LogP contribution in [0.15, 0.2) is 78.0 Å². The van der Waals surface area contributed by atoms with Gasteiger partial charge < -0.3 is 0 Å². The average Bonchev–Trinajstić information content (AvgIpc) is 2.57. The minimum Gasteiger partial charge on any atom is -0.150 e. The molecule has 0 aliphatic heterocycles. The Morgan fingerprint density at radius 3 is 1.73 bits per heavy atom. The van der Waals surface area contributed by atoms with E-state index in [-0.39, 0.29) is 6.54 Å². The van der Waals surface area contributed by atoms with Crippen LogP contribution in [0, 0.1) is 11.8 Å². The summed E-state index contributed by atoms with van der Waals surface area (Å²) in [7, 11) is 0. The zero-order valence-corrected chi connectivity index (χ0v) is 12.2. The van der Waals surface area contributed by atoms with E-state index in [0.717, 1.165) is 16.7 Å². The predicted octanol–water partition coefficient (Wildman–Crippen LogP) is 5.47. The van der Waals surface area contributed by atoms with E-state index in [1.165, 1.54) is 16.7 Å². The van der Waals surface area contributed by atoms with Crippen molar-refractivity contribution in [2.75, 3.05) is 0 Å². The van der Waals surface area contributed by atoms with Crippen molar-refractivity contribution in [2.24, 2.45) is 5.18 Å². The predicted molar refractivity (Wildman–Crippen MR) is 91.3 cm³/mol. The molecule has 0 aliphatic rings. The average molecular weight is 286 g/mol. The Morgan fingerprint density at radius 1 is 0.727 bits per heavy atom. The van der Waals surface area contributed by atoms with Crippen molar-refractivity contribution in [3.05, 3.63) is 95.8 Å². The van der Waals surface area contributed by atoms with E-state index in [2.05, 4.69) is 36.4 Å². The van der Waals surface area contributed by atoms with Gasteiger partial charge in [-0.05, 0) is 40.3 Å². The fourth-order valence-corrected chi connectivity index (χ4v) is 2.54. The van der Waals surface area contributed by atoms with Gasteiger partial charge in [-0.3, -0.25) is 0 Å². The minimum atomic E-state index is 0.215. The molecule has 0 aromatic heterocycles. The van der Waals surface area contributed by atoms with E-state index in [1.54, 1.807) is 0 Å². The van der Waals surface area contributed by atoms with Crippen LogP contribution in [-0.4, -0.2) is 0 Å². The minimum absolute atomic E-state index is 0.215. The quantitative estimate of drug-likeness (QED) is 0.585. The molecule has 22 heavy (non-hydrogen) atoms. The van der Waals surface area contributed by atoms with Gasteiger partial charge in [-0.15, -0.1) is 0 Å². The Kier molecular flexibility index (Phi) is 4.10. The van der Waals surface area contributed by atoms with Crippen LogP contribution in [0.25, 0.3) is 22.3 Å². The molecule has 0 bridgehead atoms. The lowest BCUT2D eigenvalue weighted by Crippen LogP contribution is -1.86. The molecule has 107 valence electrons. The first-order valence-electron chi connectivity index (χ1n) is 7.18. The Bertz CT molecular complexity index is 774. The van der Waals surface area contributed by atoms with Gasteiger partial charge in [0.2, 0.25) is 0 Å². The standard InChI is InChI=1S/C20H16NO/c1-15-6-10-17(11-7-15)19-4-2-3-5-20(19)18-12-8-16(9-13-18)14-21-22/h2-13H,1,14H2. The van der Waals surface area contributed by atoms with Crippen molar-refractivity contribution in [1.29, 1.82) is 0 Å². The lowest BCUT2D eigenvalue weighted by Gasteiger charge is -2.11. The summed E-state index contributed by atoms with van der Waals surface area (Å²) in [5, 5.41) is 2.93. The second kappa shape index (κ2) is 6.35. The summed E-state index contributed by atoms with van der Waals surface area (Å²) in [5.41, 5.74) is 6.59. The van der Waals surface area contributed by atoms with Crippen LogP contribution < -0.4 is 0 Å². The summed E-state index contributed by atoms with van der Waals surface area (Å²) in [6, 6.07) is 24.5. The Hall–Kier alpha value is -2.74. The maximum Gasteiger partial charge on any atom is 0.106 e. The number of rotatable bonds is 4. The smallest absolute Gasteiger partial charge is 0.106 e. The fourth-order valence-electron chi connectivity index (χ4n) is 2.54. The van der Waals surface area contributed by atoms with Crippen LogP contribution in [0.2, 0.25) is 0 Å². The molecular weight excluding hydrogens is 270 g/mol. The van der Waals surface area contributed by atoms with E-state index in [1.807, 2.05) is 48.5 Å². The summed E-state index contributed by atoms with van der Waals surface area (Å²) in [4.78, 5) is 10.3. The molecule has 0 aliphatic carbocycles. The molecule has 3 aromatic rings.